The molecule has 0 spiro atoms. The topological polar surface area (TPSA) is 154 Å². The molecule has 12 nitrogen and oxygen atoms in total. The van der Waals surface area contributed by atoms with E-state index in [1.54, 1.807) is 30.6 Å². The summed E-state index contributed by atoms with van der Waals surface area (Å²) in [4.78, 5) is 71.3. The number of hydrogen-bond donors (Lipinski definition) is 3. The normalized spacial score (nSPS) is 19.3. The fourth-order valence-corrected chi connectivity index (χ4v) is 6.92. The molecule has 0 saturated carbocycles. The largest absolute Gasteiger partial charge is 0.459 e. The summed E-state index contributed by atoms with van der Waals surface area (Å²) >= 11 is 0. The molecular formula is C36H36N6O6. The number of nitrogens with zero attached hydrogens (tertiary/aromatic N) is 3. The Hall–Kier alpha value is -5.36. The molecule has 0 aliphatic carbocycles. The molecule has 5 heterocycles. The highest BCUT2D eigenvalue weighted by atomic mass is 16.3. The zero-order valence-electron chi connectivity index (χ0n) is 26.3. The molecule has 7 rings (SSSR count). The summed E-state index contributed by atoms with van der Waals surface area (Å²) in [6.07, 6.45) is 5.81. The summed E-state index contributed by atoms with van der Waals surface area (Å²) in [5.74, 6) is -1.21. The van der Waals surface area contributed by atoms with Crippen LogP contribution in [-0.4, -0.2) is 76.5 Å². The van der Waals surface area contributed by atoms with Gasteiger partial charge in [0, 0.05) is 55.0 Å². The first-order valence-electron chi connectivity index (χ1n) is 16.3. The molecule has 0 bridgehead atoms. The van der Waals surface area contributed by atoms with E-state index >= 15 is 0 Å². The second kappa shape index (κ2) is 13.4. The van der Waals surface area contributed by atoms with Crippen molar-refractivity contribution in [3.8, 4) is 0 Å². The molecule has 2 fully saturated rings. The van der Waals surface area contributed by atoms with E-state index in [2.05, 4.69) is 25.8 Å². The maximum Gasteiger partial charge on any atom is 0.264 e. The van der Waals surface area contributed by atoms with Gasteiger partial charge in [0.2, 0.25) is 17.7 Å². The fraction of sp³-hybridized carbons (Fsp3) is 0.333. The van der Waals surface area contributed by atoms with Crippen LogP contribution in [-0.2, 0) is 14.4 Å². The maximum absolute atomic E-state index is 13.4. The highest BCUT2D eigenvalue weighted by Crippen LogP contribution is 2.33. The second-order valence-corrected chi connectivity index (χ2v) is 12.6. The Balaban J connectivity index is 0.912. The summed E-state index contributed by atoms with van der Waals surface area (Å²) in [7, 11) is 0. The van der Waals surface area contributed by atoms with Crippen LogP contribution in [0.15, 0.2) is 77.5 Å². The van der Waals surface area contributed by atoms with Crippen molar-refractivity contribution >= 4 is 46.2 Å². The van der Waals surface area contributed by atoms with Crippen LogP contribution in [0.4, 0.5) is 5.69 Å². The van der Waals surface area contributed by atoms with Gasteiger partial charge in [0.1, 0.15) is 23.4 Å². The molecule has 2 saturated heterocycles. The first-order valence-corrected chi connectivity index (χ1v) is 16.3. The minimum Gasteiger partial charge on any atom is -0.459 e. The molecule has 2 unspecified atom stereocenters. The standard InChI is InChI=1S/C36H36N6O6/c43-30-11-10-27(34(45)40-30)42-35(46)25-7-3-8-26(32(25)36(42)47)38-15-18-41-16-12-22(13-17-41)19-31(44)39-33(24-6-4-14-37-21-24)29-20-23-5-1-2-9-28(23)48-29/h1-9,14,20-22,27,33,38H,10-13,15-19H2,(H,39,44)(H,40,43,45). The Labute approximate surface area is 276 Å². The zero-order chi connectivity index (χ0) is 33.2. The van der Waals surface area contributed by atoms with Crippen LogP contribution >= 0.6 is 0 Å². The molecule has 3 N–H and O–H groups in total. The number of rotatable bonds is 10. The van der Waals surface area contributed by atoms with Crippen molar-refractivity contribution in [2.75, 3.05) is 31.5 Å². The maximum atomic E-state index is 13.4. The number of fused-ring (bicyclic) bond motifs is 2. The molecular weight excluding hydrogens is 612 g/mol. The van der Waals surface area contributed by atoms with Crippen molar-refractivity contribution in [1.82, 2.24) is 25.4 Å². The predicted molar refractivity (Wildman–Crippen MR) is 176 cm³/mol. The van der Waals surface area contributed by atoms with Gasteiger partial charge in [0.05, 0.1) is 11.1 Å². The fourth-order valence-electron chi connectivity index (χ4n) is 6.92. The van der Waals surface area contributed by atoms with Crippen LogP contribution in [0.2, 0.25) is 0 Å². The van der Waals surface area contributed by atoms with Gasteiger partial charge >= 0.3 is 0 Å². The lowest BCUT2D eigenvalue weighted by Crippen LogP contribution is -2.54. The number of imide groups is 2. The molecule has 0 radical (unpaired) electrons. The molecule has 3 aliphatic heterocycles. The first-order chi connectivity index (χ1) is 23.4. The van der Waals surface area contributed by atoms with Gasteiger partial charge in [-0.1, -0.05) is 30.3 Å². The van der Waals surface area contributed by atoms with E-state index in [9.17, 15) is 24.0 Å². The van der Waals surface area contributed by atoms with E-state index in [0.717, 1.165) is 53.9 Å². The van der Waals surface area contributed by atoms with E-state index < -0.39 is 35.7 Å². The second-order valence-electron chi connectivity index (χ2n) is 12.6. The highest BCUT2D eigenvalue weighted by molar-refractivity contribution is 6.25. The third-order valence-corrected chi connectivity index (χ3v) is 9.44. The van der Waals surface area contributed by atoms with Gasteiger partial charge < -0.3 is 20.0 Å². The summed E-state index contributed by atoms with van der Waals surface area (Å²) in [5, 5.41) is 9.71. The average molecular weight is 649 g/mol. The lowest BCUT2D eigenvalue weighted by molar-refractivity contribution is -0.136. The molecule has 2 aromatic carbocycles. The number of amides is 5. The highest BCUT2D eigenvalue weighted by Gasteiger charge is 2.45. The molecule has 4 aromatic rings. The van der Waals surface area contributed by atoms with Gasteiger partial charge in [-0.3, -0.25) is 39.2 Å². The number of pyridine rings is 1. The van der Waals surface area contributed by atoms with Crippen LogP contribution in [0, 0.1) is 5.92 Å². The summed E-state index contributed by atoms with van der Waals surface area (Å²) in [6.45, 7) is 2.94. The molecule has 2 atom stereocenters. The number of para-hydroxylation sites is 1. The first kappa shape index (κ1) is 31.3. The lowest BCUT2D eigenvalue weighted by Gasteiger charge is -2.32. The third kappa shape index (κ3) is 6.30. The van der Waals surface area contributed by atoms with Crippen molar-refractivity contribution in [1.29, 1.82) is 0 Å². The number of nitrogens with one attached hydrogen (secondary N) is 3. The number of carbonyl (C=O) groups excluding carboxylic acids is 5. The van der Waals surface area contributed by atoms with Gasteiger partial charge in [0.15, 0.2) is 0 Å². The molecule has 246 valence electrons. The average Bonchev–Trinajstić information content (AvgIpc) is 3.63. The summed E-state index contributed by atoms with van der Waals surface area (Å²) in [6, 6.07) is 17.1. The minimum absolute atomic E-state index is 0.0343. The number of aromatic nitrogens is 1. The third-order valence-electron chi connectivity index (χ3n) is 9.44. The lowest BCUT2D eigenvalue weighted by atomic mass is 9.93. The molecule has 48 heavy (non-hydrogen) atoms. The van der Waals surface area contributed by atoms with Crippen molar-refractivity contribution in [2.45, 2.75) is 44.2 Å². The van der Waals surface area contributed by atoms with E-state index in [4.69, 9.17) is 4.42 Å². The van der Waals surface area contributed by atoms with Crippen LogP contribution in [0.25, 0.3) is 11.0 Å². The number of hydrogen-bond acceptors (Lipinski definition) is 9. The Morgan fingerprint density at radius 3 is 2.58 bits per heavy atom. The van der Waals surface area contributed by atoms with Gasteiger partial charge in [0.25, 0.3) is 11.8 Å². The Morgan fingerprint density at radius 2 is 1.81 bits per heavy atom. The SMILES string of the molecule is O=C1CCC(N2C(=O)c3cccc(NCCN4CCC(CC(=O)NC(c5cccnc5)c5cc6ccccc6o5)CC4)c3C2=O)C(=O)N1. The van der Waals surface area contributed by atoms with Crippen LogP contribution in [0.5, 0.6) is 0 Å². The number of anilines is 1. The number of piperidine rings is 2. The van der Waals surface area contributed by atoms with Crippen LogP contribution in [0.3, 0.4) is 0 Å². The van der Waals surface area contributed by atoms with Gasteiger partial charge in [-0.05, 0) is 68.6 Å². The van der Waals surface area contributed by atoms with E-state index in [0.29, 0.717) is 24.4 Å². The quantitative estimate of drug-likeness (QED) is 0.219. The van der Waals surface area contributed by atoms with Crippen molar-refractivity contribution in [3.05, 3.63) is 95.5 Å². The smallest absolute Gasteiger partial charge is 0.264 e. The molecule has 5 amide bonds. The number of furan rings is 1. The van der Waals surface area contributed by atoms with Crippen LogP contribution in [0.1, 0.15) is 70.2 Å². The van der Waals surface area contributed by atoms with E-state index in [1.807, 2.05) is 42.5 Å². The monoisotopic (exact) mass is 648 g/mol. The molecule has 3 aliphatic rings. The Kier molecular flexibility index (Phi) is 8.72. The van der Waals surface area contributed by atoms with Crippen molar-refractivity contribution < 1.29 is 28.4 Å². The van der Waals surface area contributed by atoms with E-state index in [-0.39, 0.29) is 35.8 Å². The summed E-state index contributed by atoms with van der Waals surface area (Å²) in [5.41, 5.74) is 2.67. The Morgan fingerprint density at radius 1 is 0.979 bits per heavy atom. The molecule has 2 aromatic heterocycles. The predicted octanol–water partition coefficient (Wildman–Crippen LogP) is 3.65. The van der Waals surface area contributed by atoms with Crippen LogP contribution < -0.4 is 16.0 Å². The minimum atomic E-state index is -1.00. The number of carbonyl (C=O) groups is 5. The van der Waals surface area contributed by atoms with E-state index in [1.165, 1.54) is 0 Å². The van der Waals surface area contributed by atoms with Gasteiger partial charge in [-0.25, -0.2) is 0 Å². The summed E-state index contributed by atoms with van der Waals surface area (Å²) < 4.78 is 6.12. The van der Waals surface area contributed by atoms with Gasteiger partial charge in [-0.15, -0.1) is 0 Å². The van der Waals surface area contributed by atoms with Crippen molar-refractivity contribution in [2.24, 2.45) is 5.92 Å². The number of likely N-dealkylation sites (tertiary alicyclic amines) is 1. The molecule has 12 heteroatoms. The van der Waals surface area contributed by atoms with Gasteiger partial charge in [-0.2, -0.15) is 0 Å². The Bertz CT molecular complexity index is 1850. The number of benzene rings is 2. The van der Waals surface area contributed by atoms with Crippen molar-refractivity contribution in [3.63, 3.8) is 0 Å². The zero-order valence-corrected chi connectivity index (χ0v) is 26.3.